The highest BCUT2D eigenvalue weighted by molar-refractivity contribution is 6.05. The van der Waals surface area contributed by atoms with E-state index in [1.807, 2.05) is 55.5 Å². The van der Waals surface area contributed by atoms with E-state index in [4.69, 9.17) is 10.5 Å². The Bertz CT molecular complexity index is 822. The lowest BCUT2D eigenvalue weighted by molar-refractivity contribution is 0.0474. The molecule has 4 heteroatoms. The molecule has 0 spiro atoms. The molecule has 0 aliphatic rings. The number of hydrogen-bond acceptors (Lipinski definition) is 3. The van der Waals surface area contributed by atoms with Gasteiger partial charge < -0.3 is 15.5 Å². The van der Waals surface area contributed by atoms with Crippen molar-refractivity contribution in [2.45, 2.75) is 20.0 Å². The fourth-order valence-corrected chi connectivity index (χ4v) is 2.75. The van der Waals surface area contributed by atoms with Gasteiger partial charge in [-0.05, 0) is 43.1 Å². The third-order valence-electron chi connectivity index (χ3n) is 3.90. The highest BCUT2D eigenvalue weighted by Gasteiger charge is 2.17. The average molecular weight is 308 g/mol. The molecule has 23 heavy (non-hydrogen) atoms. The van der Waals surface area contributed by atoms with Crippen LogP contribution in [-0.4, -0.2) is 17.5 Å². The summed E-state index contributed by atoms with van der Waals surface area (Å²) in [7, 11) is 0. The van der Waals surface area contributed by atoms with Crippen LogP contribution in [-0.2, 0) is 17.8 Å². The number of carbonyl (C=O) groups is 1. The highest BCUT2D eigenvalue weighted by atomic mass is 16.5. The number of hydrogen-bond donors (Lipinski definition) is 2. The van der Waals surface area contributed by atoms with E-state index < -0.39 is 0 Å². The predicted molar refractivity (Wildman–Crippen MR) is 91.4 cm³/mol. The standard InChI is InChI=1S/C19H20N2O2/c1-13-18(19(22)23-12-15-5-3-2-4-6-15)16-11-14(9-10-20)7-8-17(16)21-13/h2-8,11,21H,9-10,12,20H2,1H3. The van der Waals surface area contributed by atoms with Crippen LogP contribution in [0.1, 0.15) is 27.2 Å². The first-order chi connectivity index (χ1) is 11.2. The summed E-state index contributed by atoms with van der Waals surface area (Å²) in [5.41, 5.74) is 10.1. The van der Waals surface area contributed by atoms with Crippen molar-refractivity contribution in [3.05, 3.63) is 70.9 Å². The molecule has 0 atom stereocenters. The number of aryl methyl sites for hydroxylation is 1. The third kappa shape index (κ3) is 3.27. The Morgan fingerprint density at radius 1 is 1.13 bits per heavy atom. The molecule has 0 saturated carbocycles. The number of esters is 1. The van der Waals surface area contributed by atoms with Gasteiger partial charge in [-0.1, -0.05) is 36.4 Å². The second kappa shape index (κ2) is 6.67. The van der Waals surface area contributed by atoms with Crippen LogP contribution in [0.2, 0.25) is 0 Å². The van der Waals surface area contributed by atoms with Crippen molar-refractivity contribution in [3.8, 4) is 0 Å². The zero-order chi connectivity index (χ0) is 16.2. The molecule has 3 aromatic rings. The quantitative estimate of drug-likeness (QED) is 0.710. The van der Waals surface area contributed by atoms with Gasteiger partial charge in [-0.2, -0.15) is 0 Å². The van der Waals surface area contributed by atoms with Gasteiger partial charge >= 0.3 is 5.97 Å². The van der Waals surface area contributed by atoms with Crippen molar-refractivity contribution in [3.63, 3.8) is 0 Å². The molecule has 0 amide bonds. The minimum absolute atomic E-state index is 0.272. The van der Waals surface area contributed by atoms with Crippen molar-refractivity contribution in [2.75, 3.05) is 6.54 Å². The topological polar surface area (TPSA) is 68.1 Å². The average Bonchev–Trinajstić information content (AvgIpc) is 2.89. The number of nitrogens with two attached hydrogens (primary N) is 1. The van der Waals surface area contributed by atoms with E-state index in [0.717, 1.165) is 34.1 Å². The molecule has 4 nitrogen and oxygen atoms in total. The molecule has 0 aliphatic heterocycles. The lowest BCUT2D eigenvalue weighted by Crippen LogP contribution is -2.06. The molecule has 0 unspecified atom stereocenters. The van der Waals surface area contributed by atoms with Crippen LogP contribution in [0.5, 0.6) is 0 Å². The maximum absolute atomic E-state index is 12.5. The van der Waals surface area contributed by atoms with Crippen molar-refractivity contribution < 1.29 is 9.53 Å². The number of fused-ring (bicyclic) bond motifs is 1. The van der Waals surface area contributed by atoms with Gasteiger partial charge in [-0.15, -0.1) is 0 Å². The van der Waals surface area contributed by atoms with E-state index in [9.17, 15) is 4.79 Å². The molecule has 0 radical (unpaired) electrons. The first kappa shape index (κ1) is 15.3. The van der Waals surface area contributed by atoms with E-state index in [-0.39, 0.29) is 12.6 Å². The van der Waals surface area contributed by atoms with Crippen LogP contribution in [0, 0.1) is 6.92 Å². The Labute approximate surface area is 135 Å². The Morgan fingerprint density at radius 2 is 1.91 bits per heavy atom. The number of aromatic amines is 1. The first-order valence-corrected chi connectivity index (χ1v) is 7.71. The monoisotopic (exact) mass is 308 g/mol. The predicted octanol–water partition coefficient (Wildman–Crippen LogP) is 3.33. The molecule has 0 fully saturated rings. The van der Waals surface area contributed by atoms with Crippen LogP contribution in [0.3, 0.4) is 0 Å². The molecular formula is C19H20N2O2. The van der Waals surface area contributed by atoms with Crippen LogP contribution >= 0.6 is 0 Å². The van der Waals surface area contributed by atoms with E-state index in [0.29, 0.717) is 12.1 Å². The van der Waals surface area contributed by atoms with Crippen LogP contribution in [0.4, 0.5) is 0 Å². The Hall–Kier alpha value is -2.59. The molecule has 1 aromatic heterocycles. The Morgan fingerprint density at radius 3 is 2.65 bits per heavy atom. The summed E-state index contributed by atoms with van der Waals surface area (Å²) in [5, 5.41) is 0.895. The minimum atomic E-state index is -0.303. The Kier molecular flexibility index (Phi) is 4.44. The van der Waals surface area contributed by atoms with Gasteiger partial charge in [0, 0.05) is 16.6 Å². The molecule has 0 bridgehead atoms. The zero-order valence-electron chi connectivity index (χ0n) is 13.1. The number of aromatic nitrogens is 1. The third-order valence-corrected chi connectivity index (χ3v) is 3.90. The van der Waals surface area contributed by atoms with Crippen molar-refractivity contribution in [2.24, 2.45) is 5.73 Å². The fraction of sp³-hybridized carbons (Fsp3) is 0.211. The molecule has 0 saturated heterocycles. The normalized spacial score (nSPS) is 10.9. The summed E-state index contributed by atoms with van der Waals surface area (Å²) in [4.78, 5) is 15.8. The van der Waals surface area contributed by atoms with Crippen molar-refractivity contribution in [1.29, 1.82) is 0 Å². The number of rotatable bonds is 5. The summed E-state index contributed by atoms with van der Waals surface area (Å²) in [6, 6.07) is 15.7. The number of carbonyl (C=O) groups excluding carboxylic acids is 1. The van der Waals surface area contributed by atoms with Crippen LogP contribution < -0.4 is 5.73 Å². The second-order valence-corrected chi connectivity index (χ2v) is 5.61. The minimum Gasteiger partial charge on any atom is -0.457 e. The van der Waals surface area contributed by atoms with Crippen molar-refractivity contribution >= 4 is 16.9 Å². The molecular weight excluding hydrogens is 288 g/mol. The summed E-state index contributed by atoms with van der Waals surface area (Å²) in [5.74, 6) is -0.303. The Balaban J connectivity index is 1.87. The maximum atomic E-state index is 12.5. The van der Waals surface area contributed by atoms with Gasteiger partial charge in [0.25, 0.3) is 0 Å². The van der Waals surface area contributed by atoms with Gasteiger partial charge in [0.1, 0.15) is 6.61 Å². The lowest BCUT2D eigenvalue weighted by Gasteiger charge is -2.06. The van der Waals surface area contributed by atoms with Crippen molar-refractivity contribution in [1.82, 2.24) is 4.98 Å². The number of ether oxygens (including phenoxy) is 1. The van der Waals surface area contributed by atoms with Gasteiger partial charge in [-0.3, -0.25) is 0 Å². The van der Waals surface area contributed by atoms with Gasteiger partial charge in [0.15, 0.2) is 0 Å². The molecule has 2 aromatic carbocycles. The summed E-state index contributed by atoms with van der Waals surface area (Å²) in [6.45, 7) is 2.75. The number of nitrogens with one attached hydrogen (secondary N) is 1. The van der Waals surface area contributed by atoms with Gasteiger partial charge in [0.05, 0.1) is 5.56 Å². The van der Waals surface area contributed by atoms with E-state index >= 15 is 0 Å². The van der Waals surface area contributed by atoms with Gasteiger partial charge in [0.2, 0.25) is 0 Å². The SMILES string of the molecule is Cc1[nH]c2ccc(CCN)cc2c1C(=O)OCc1ccccc1. The summed E-state index contributed by atoms with van der Waals surface area (Å²) < 4.78 is 5.48. The molecule has 0 aliphatic carbocycles. The molecule has 1 heterocycles. The smallest absolute Gasteiger partial charge is 0.340 e. The zero-order valence-corrected chi connectivity index (χ0v) is 13.1. The van der Waals surface area contributed by atoms with E-state index in [2.05, 4.69) is 4.98 Å². The van der Waals surface area contributed by atoms with Crippen LogP contribution in [0.25, 0.3) is 10.9 Å². The summed E-state index contributed by atoms with van der Waals surface area (Å²) >= 11 is 0. The summed E-state index contributed by atoms with van der Waals surface area (Å²) in [6.07, 6.45) is 0.790. The first-order valence-electron chi connectivity index (χ1n) is 7.71. The van der Waals surface area contributed by atoms with Gasteiger partial charge in [-0.25, -0.2) is 4.79 Å². The van der Waals surface area contributed by atoms with E-state index in [1.165, 1.54) is 0 Å². The highest BCUT2D eigenvalue weighted by Crippen LogP contribution is 2.24. The number of H-pyrrole nitrogens is 1. The second-order valence-electron chi connectivity index (χ2n) is 5.61. The largest absolute Gasteiger partial charge is 0.457 e. The molecule has 3 N–H and O–H groups in total. The van der Waals surface area contributed by atoms with E-state index in [1.54, 1.807) is 0 Å². The molecule has 3 rings (SSSR count). The number of benzene rings is 2. The maximum Gasteiger partial charge on any atom is 0.340 e. The lowest BCUT2D eigenvalue weighted by atomic mass is 10.1. The molecule has 118 valence electrons. The fourth-order valence-electron chi connectivity index (χ4n) is 2.75. The van der Waals surface area contributed by atoms with Crippen LogP contribution in [0.15, 0.2) is 48.5 Å².